The summed E-state index contributed by atoms with van der Waals surface area (Å²) in [6.45, 7) is 4.13. The van der Waals surface area contributed by atoms with E-state index in [9.17, 15) is 4.39 Å². The largest absolute Gasteiger partial charge is 0.303 e. The quantitative estimate of drug-likeness (QED) is 0.837. The molecule has 0 spiro atoms. The first kappa shape index (κ1) is 13.5. The van der Waals surface area contributed by atoms with Gasteiger partial charge < -0.3 is 5.32 Å². The molecule has 2 aromatic rings. The summed E-state index contributed by atoms with van der Waals surface area (Å²) < 4.78 is 13.4. The summed E-state index contributed by atoms with van der Waals surface area (Å²) in [6, 6.07) is 9.39. The highest BCUT2D eigenvalue weighted by molar-refractivity contribution is 7.10. The van der Waals surface area contributed by atoms with Gasteiger partial charge in [-0.1, -0.05) is 23.7 Å². The predicted octanol–water partition coefficient (Wildman–Crippen LogP) is 4.95. The van der Waals surface area contributed by atoms with Crippen LogP contribution in [0.25, 0.3) is 0 Å². The van der Waals surface area contributed by atoms with Gasteiger partial charge in [-0.2, -0.15) is 0 Å². The molecule has 1 aromatic carbocycles. The third kappa shape index (κ3) is 3.10. The van der Waals surface area contributed by atoms with Crippen molar-refractivity contribution < 1.29 is 4.39 Å². The van der Waals surface area contributed by atoms with Crippen molar-refractivity contribution in [2.45, 2.75) is 25.9 Å². The highest BCUT2D eigenvalue weighted by Crippen LogP contribution is 2.24. The lowest BCUT2D eigenvalue weighted by atomic mass is 10.1. The molecule has 1 nitrogen and oxygen atoms in total. The molecule has 1 N–H and O–H groups in total. The van der Waals surface area contributed by atoms with Crippen LogP contribution in [0.1, 0.15) is 36.4 Å². The van der Waals surface area contributed by atoms with Crippen LogP contribution >= 0.6 is 22.9 Å². The molecular formula is C14H15ClFNS. The van der Waals surface area contributed by atoms with E-state index in [1.54, 1.807) is 17.4 Å². The monoisotopic (exact) mass is 283 g/mol. The lowest BCUT2D eigenvalue weighted by molar-refractivity contribution is 0.497. The van der Waals surface area contributed by atoms with E-state index in [0.29, 0.717) is 0 Å². The molecular weight excluding hydrogens is 269 g/mol. The Hall–Kier alpha value is -0.900. The zero-order chi connectivity index (χ0) is 13.1. The van der Waals surface area contributed by atoms with Crippen molar-refractivity contribution in [2.75, 3.05) is 0 Å². The fraction of sp³-hybridized carbons (Fsp3) is 0.286. The lowest BCUT2D eigenvalue weighted by Crippen LogP contribution is -2.21. The lowest BCUT2D eigenvalue weighted by Gasteiger charge is -2.19. The van der Waals surface area contributed by atoms with Gasteiger partial charge in [0, 0.05) is 17.0 Å². The molecule has 0 aliphatic rings. The molecule has 2 rings (SSSR count). The van der Waals surface area contributed by atoms with Crippen molar-refractivity contribution in [1.82, 2.24) is 5.32 Å². The molecule has 0 saturated heterocycles. The van der Waals surface area contributed by atoms with Crippen LogP contribution in [0.4, 0.5) is 4.39 Å². The number of nitrogens with one attached hydrogen (secondary N) is 1. The van der Waals surface area contributed by atoms with Crippen molar-refractivity contribution in [3.05, 3.63) is 57.0 Å². The van der Waals surface area contributed by atoms with Crippen LogP contribution in [0.15, 0.2) is 35.7 Å². The van der Waals surface area contributed by atoms with Crippen LogP contribution in [-0.4, -0.2) is 0 Å². The first-order valence-electron chi connectivity index (χ1n) is 5.82. The highest BCUT2D eigenvalue weighted by Gasteiger charge is 2.13. The van der Waals surface area contributed by atoms with E-state index < -0.39 is 0 Å². The summed E-state index contributed by atoms with van der Waals surface area (Å²) in [5.74, 6) is -0.369. The van der Waals surface area contributed by atoms with Crippen LogP contribution in [0, 0.1) is 5.82 Å². The summed E-state index contributed by atoms with van der Waals surface area (Å²) in [5.41, 5.74) is 0.903. The first-order valence-corrected chi connectivity index (χ1v) is 7.08. The van der Waals surface area contributed by atoms with Gasteiger partial charge in [-0.25, -0.2) is 4.39 Å². The van der Waals surface area contributed by atoms with Crippen LogP contribution in [0.2, 0.25) is 5.02 Å². The van der Waals surface area contributed by atoms with Gasteiger partial charge in [-0.05, 0) is 43.0 Å². The summed E-state index contributed by atoms with van der Waals surface area (Å²) in [5, 5.41) is 5.67. The fourth-order valence-corrected chi connectivity index (χ4v) is 2.73. The molecule has 1 unspecified atom stereocenters. The zero-order valence-electron chi connectivity index (χ0n) is 10.3. The van der Waals surface area contributed by atoms with Gasteiger partial charge in [0.05, 0.1) is 5.02 Å². The predicted molar refractivity (Wildman–Crippen MR) is 75.7 cm³/mol. The van der Waals surface area contributed by atoms with E-state index in [1.165, 1.54) is 10.9 Å². The Morgan fingerprint density at radius 1 is 1.22 bits per heavy atom. The fourth-order valence-electron chi connectivity index (χ4n) is 1.87. The van der Waals surface area contributed by atoms with Crippen molar-refractivity contribution in [3.63, 3.8) is 0 Å². The third-order valence-electron chi connectivity index (χ3n) is 2.91. The number of rotatable bonds is 4. The Morgan fingerprint density at radius 3 is 2.61 bits per heavy atom. The van der Waals surface area contributed by atoms with Gasteiger partial charge in [-0.15, -0.1) is 11.3 Å². The summed E-state index contributed by atoms with van der Waals surface area (Å²) in [4.78, 5) is 1.27. The Balaban J connectivity index is 2.07. The minimum atomic E-state index is -0.369. The van der Waals surface area contributed by atoms with E-state index in [2.05, 4.69) is 23.7 Å². The topological polar surface area (TPSA) is 12.0 Å². The second kappa shape index (κ2) is 5.83. The molecule has 0 saturated carbocycles. The maximum atomic E-state index is 13.4. The molecule has 4 heteroatoms. The summed E-state index contributed by atoms with van der Waals surface area (Å²) >= 11 is 7.39. The maximum absolute atomic E-state index is 13.4. The van der Waals surface area contributed by atoms with E-state index in [0.717, 1.165) is 5.56 Å². The summed E-state index contributed by atoms with van der Waals surface area (Å²) in [6.07, 6.45) is 0. The molecule has 0 radical (unpaired) electrons. The van der Waals surface area contributed by atoms with Gasteiger partial charge in [0.1, 0.15) is 5.82 Å². The van der Waals surface area contributed by atoms with Crippen molar-refractivity contribution in [2.24, 2.45) is 0 Å². The molecule has 0 fully saturated rings. The van der Waals surface area contributed by atoms with E-state index in [4.69, 9.17) is 11.6 Å². The molecule has 0 aliphatic heterocycles. The Kier molecular flexibility index (Phi) is 4.38. The van der Waals surface area contributed by atoms with Gasteiger partial charge in [0.15, 0.2) is 0 Å². The standard InChI is InChI=1S/C14H15ClFNS/c1-9(11-5-6-12(15)13(16)8-11)17-10(2)14-4-3-7-18-14/h3-10,17H,1-2H3/t9?,10-/m1/s1. The van der Waals surface area contributed by atoms with Gasteiger partial charge >= 0.3 is 0 Å². The molecule has 2 atom stereocenters. The summed E-state index contributed by atoms with van der Waals surface area (Å²) in [7, 11) is 0. The molecule has 18 heavy (non-hydrogen) atoms. The second-order valence-electron chi connectivity index (χ2n) is 4.30. The average molecular weight is 284 g/mol. The Bertz CT molecular complexity index is 513. The minimum absolute atomic E-state index is 0.0777. The van der Waals surface area contributed by atoms with Crippen LogP contribution in [0.3, 0.4) is 0 Å². The van der Waals surface area contributed by atoms with E-state index >= 15 is 0 Å². The number of halogens is 2. The van der Waals surface area contributed by atoms with Gasteiger partial charge in [-0.3, -0.25) is 0 Å². The zero-order valence-corrected chi connectivity index (χ0v) is 11.9. The molecule has 1 heterocycles. The normalized spacial score (nSPS) is 14.4. The molecule has 0 bridgehead atoms. The minimum Gasteiger partial charge on any atom is -0.303 e. The SMILES string of the molecule is CC(N[C@H](C)c1cccs1)c1ccc(Cl)c(F)c1. The van der Waals surface area contributed by atoms with E-state index in [1.807, 2.05) is 19.1 Å². The molecule has 0 aliphatic carbocycles. The maximum Gasteiger partial charge on any atom is 0.142 e. The number of benzene rings is 1. The first-order chi connectivity index (χ1) is 8.58. The molecule has 1 aromatic heterocycles. The molecule has 0 amide bonds. The van der Waals surface area contributed by atoms with Crippen molar-refractivity contribution in [3.8, 4) is 0 Å². The Labute approximate surface area is 116 Å². The molecule has 96 valence electrons. The van der Waals surface area contributed by atoms with Gasteiger partial charge in [0.2, 0.25) is 0 Å². The highest BCUT2D eigenvalue weighted by atomic mass is 35.5. The second-order valence-corrected chi connectivity index (χ2v) is 5.69. The third-order valence-corrected chi connectivity index (χ3v) is 4.28. The van der Waals surface area contributed by atoms with E-state index in [-0.39, 0.29) is 22.9 Å². The van der Waals surface area contributed by atoms with Crippen molar-refractivity contribution >= 4 is 22.9 Å². The number of hydrogen-bond donors (Lipinski definition) is 1. The smallest absolute Gasteiger partial charge is 0.142 e. The van der Waals surface area contributed by atoms with Crippen LogP contribution in [0.5, 0.6) is 0 Å². The number of hydrogen-bond acceptors (Lipinski definition) is 2. The number of thiophene rings is 1. The van der Waals surface area contributed by atoms with Crippen molar-refractivity contribution in [1.29, 1.82) is 0 Å². The van der Waals surface area contributed by atoms with Crippen LogP contribution < -0.4 is 5.32 Å². The van der Waals surface area contributed by atoms with Gasteiger partial charge in [0.25, 0.3) is 0 Å². The average Bonchev–Trinajstić information content (AvgIpc) is 2.86. The van der Waals surface area contributed by atoms with Crippen LogP contribution in [-0.2, 0) is 0 Å². The Morgan fingerprint density at radius 2 is 2.00 bits per heavy atom.